The minimum atomic E-state index is -2.88. The highest BCUT2D eigenvalue weighted by Gasteiger charge is 2.49. The van der Waals surface area contributed by atoms with Crippen molar-refractivity contribution >= 4 is 90.6 Å². The average molecular weight is 809 g/mol. The monoisotopic (exact) mass is 808 g/mol. The Balaban J connectivity index is 1.24. The van der Waals surface area contributed by atoms with Crippen LogP contribution in [0, 0.1) is 17.9 Å². The molecule has 0 amide bonds. The van der Waals surface area contributed by atoms with Crippen LogP contribution in [-0.4, -0.2) is 17.6 Å². The van der Waals surface area contributed by atoms with Crippen LogP contribution in [0.25, 0.3) is 32.5 Å². The first-order valence-corrected chi connectivity index (χ1v) is 22.6. The number of hydrogen-bond acceptors (Lipinski definition) is 4. The number of benzene rings is 8. The van der Waals surface area contributed by atoms with Gasteiger partial charge in [-0.1, -0.05) is 146 Å². The van der Waals surface area contributed by atoms with E-state index < -0.39 is 8.07 Å². The van der Waals surface area contributed by atoms with Crippen LogP contribution in [0.5, 0.6) is 0 Å². The van der Waals surface area contributed by atoms with Crippen molar-refractivity contribution in [3.63, 3.8) is 0 Å². The number of anilines is 6. The molecule has 0 radical (unpaired) electrons. The lowest BCUT2D eigenvalue weighted by atomic mass is 10.1. The number of fused-ring (bicyclic) bond motifs is 5. The fourth-order valence-electron chi connectivity index (χ4n) is 9.48. The molecule has 0 saturated heterocycles. The Morgan fingerprint density at radius 1 is 0.500 bits per heavy atom. The molecule has 290 valence electrons. The van der Waals surface area contributed by atoms with Gasteiger partial charge in [-0.15, -0.1) is 0 Å². The molecule has 62 heavy (non-hydrogen) atoms. The molecule has 0 bridgehead atoms. The number of aromatic nitrogens is 2. The van der Waals surface area contributed by atoms with Crippen LogP contribution in [0.15, 0.2) is 218 Å². The van der Waals surface area contributed by atoms with Crippen LogP contribution in [0.2, 0.25) is 0 Å². The van der Waals surface area contributed by atoms with Crippen molar-refractivity contribution in [2.24, 2.45) is 0 Å². The molecular formula is C55H36N6Si. The second-order valence-electron chi connectivity index (χ2n) is 15.4. The largest absolute Gasteiger partial charge is 0.310 e. The van der Waals surface area contributed by atoms with Gasteiger partial charge in [0.2, 0.25) is 0 Å². The second-order valence-corrected chi connectivity index (χ2v) is 19.1. The SMILES string of the molecule is [C-]#[N+]c1ccc(N(c2ccc(C#N)cc2)c2cc(N3c4ccccc4[Si](c4ccccc4)(c4ccccc4)c4ccccc43)nc(-n3c4ccccc4c4ccccc43)c2)cc1. The van der Waals surface area contributed by atoms with Crippen LogP contribution in [0.1, 0.15) is 5.56 Å². The van der Waals surface area contributed by atoms with Gasteiger partial charge in [0.1, 0.15) is 11.6 Å². The Bertz CT molecular complexity index is 3180. The summed E-state index contributed by atoms with van der Waals surface area (Å²) in [6, 6.07) is 78.8. The summed E-state index contributed by atoms with van der Waals surface area (Å²) in [5.74, 6) is 1.50. The summed E-state index contributed by atoms with van der Waals surface area (Å²) in [4.78, 5) is 13.9. The van der Waals surface area contributed by atoms with E-state index in [1.165, 1.54) is 20.7 Å². The molecule has 0 N–H and O–H groups in total. The molecule has 1 aliphatic rings. The number of pyridine rings is 1. The number of para-hydroxylation sites is 4. The molecule has 0 unspecified atom stereocenters. The molecule has 7 heteroatoms. The van der Waals surface area contributed by atoms with Crippen LogP contribution < -0.4 is 30.5 Å². The summed E-state index contributed by atoms with van der Waals surface area (Å²) in [5.41, 5.74) is 7.98. The van der Waals surface area contributed by atoms with E-state index in [9.17, 15) is 5.26 Å². The van der Waals surface area contributed by atoms with E-state index in [1.807, 2.05) is 48.5 Å². The van der Waals surface area contributed by atoms with Crippen molar-refractivity contribution < 1.29 is 0 Å². The maximum atomic E-state index is 9.79. The Kier molecular flexibility index (Phi) is 8.82. The van der Waals surface area contributed by atoms with Crippen molar-refractivity contribution in [1.82, 2.24) is 9.55 Å². The highest BCUT2D eigenvalue weighted by molar-refractivity contribution is 7.21. The lowest BCUT2D eigenvalue weighted by molar-refractivity contribution is 1.05. The first-order valence-electron chi connectivity index (χ1n) is 20.6. The lowest BCUT2D eigenvalue weighted by Gasteiger charge is -2.44. The van der Waals surface area contributed by atoms with E-state index in [0.717, 1.165) is 61.9 Å². The summed E-state index contributed by atoms with van der Waals surface area (Å²) in [5, 5.41) is 17.3. The third-order valence-corrected chi connectivity index (χ3v) is 16.9. The molecule has 0 saturated carbocycles. The zero-order valence-corrected chi connectivity index (χ0v) is 34.5. The standard InChI is InChI=1S/C55H36N6Si/c1-57-40-30-34-42(35-31-40)59(41-32-28-39(38-56)29-33-41)43-36-54(60-48-22-10-8-20-46(48)47-21-9-11-23-49(47)60)58-55(37-43)61-50-24-12-14-26-52(50)62(44-16-4-2-5-17-44,45-18-6-3-7-19-45)53-27-15-13-25-51(53)61/h2-37H. The molecule has 0 atom stereocenters. The molecule has 10 aromatic rings. The topological polar surface area (TPSA) is 52.5 Å². The number of hydrogen-bond donors (Lipinski definition) is 0. The highest BCUT2D eigenvalue weighted by Crippen LogP contribution is 2.43. The first kappa shape index (κ1) is 36.6. The van der Waals surface area contributed by atoms with Gasteiger partial charge in [0.15, 0.2) is 13.8 Å². The van der Waals surface area contributed by atoms with Gasteiger partial charge in [-0.2, -0.15) is 5.26 Å². The average Bonchev–Trinajstić information content (AvgIpc) is 3.68. The molecule has 0 aliphatic carbocycles. The fraction of sp³-hybridized carbons (Fsp3) is 0. The summed E-state index contributed by atoms with van der Waals surface area (Å²) in [6.07, 6.45) is 0. The molecule has 0 fully saturated rings. The summed E-state index contributed by atoms with van der Waals surface area (Å²) < 4.78 is 2.27. The van der Waals surface area contributed by atoms with Gasteiger partial charge in [-0.3, -0.25) is 9.47 Å². The van der Waals surface area contributed by atoms with Crippen molar-refractivity contribution in [1.29, 1.82) is 5.26 Å². The molecule has 3 heterocycles. The van der Waals surface area contributed by atoms with Crippen molar-refractivity contribution in [2.75, 3.05) is 9.80 Å². The molecule has 11 rings (SSSR count). The maximum Gasteiger partial charge on any atom is 0.187 e. The molecule has 2 aromatic heterocycles. The molecule has 0 spiro atoms. The van der Waals surface area contributed by atoms with E-state index in [4.69, 9.17) is 11.6 Å². The van der Waals surface area contributed by atoms with Gasteiger partial charge in [0, 0.05) is 45.7 Å². The van der Waals surface area contributed by atoms with Crippen LogP contribution >= 0.6 is 0 Å². The van der Waals surface area contributed by atoms with Gasteiger partial charge in [-0.05, 0) is 81.4 Å². The summed E-state index contributed by atoms with van der Waals surface area (Å²) in [7, 11) is -2.88. The zero-order valence-electron chi connectivity index (χ0n) is 33.5. The van der Waals surface area contributed by atoms with Crippen molar-refractivity contribution in [3.05, 3.63) is 235 Å². The van der Waals surface area contributed by atoms with Gasteiger partial charge in [0.05, 0.1) is 34.9 Å². The van der Waals surface area contributed by atoms with Gasteiger partial charge in [-0.25, -0.2) is 9.83 Å². The summed E-state index contributed by atoms with van der Waals surface area (Å²) >= 11 is 0. The van der Waals surface area contributed by atoms with Crippen molar-refractivity contribution in [2.45, 2.75) is 0 Å². The van der Waals surface area contributed by atoms with E-state index in [2.05, 4.69) is 195 Å². The van der Waals surface area contributed by atoms with Crippen LogP contribution in [-0.2, 0) is 0 Å². The Morgan fingerprint density at radius 3 is 1.50 bits per heavy atom. The number of nitriles is 1. The normalized spacial score (nSPS) is 12.6. The Labute approximate surface area is 360 Å². The second kappa shape index (κ2) is 15.0. The fourth-order valence-corrected chi connectivity index (χ4v) is 14.6. The molecule has 1 aliphatic heterocycles. The zero-order chi connectivity index (χ0) is 41.6. The van der Waals surface area contributed by atoms with E-state index in [-0.39, 0.29) is 0 Å². The first-order chi connectivity index (χ1) is 30.7. The number of nitrogens with zero attached hydrogens (tertiary/aromatic N) is 6. The quantitative estimate of drug-likeness (QED) is 0.119. The van der Waals surface area contributed by atoms with E-state index in [0.29, 0.717) is 11.3 Å². The molecular weight excluding hydrogens is 773 g/mol. The molecule has 8 aromatic carbocycles. The highest BCUT2D eigenvalue weighted by atomic mass is 28.3. The van der Waals surface area contributed by atoms with E-state index >= 15 is 0 Å². The maximum absolute atomic E-state index is 9.79. The predicted octanol–water partition coefficient (Wildman–Crippen LogP) is 11.2. The Morgan fingerprint density at radius 2 is 0.968 bits per heavy atom. The smallest absolute Gasteiger partial charge is 0.187 e. The predicted molar refractivity (Wildman–Crippen MR) is 256 cm³/mol. The summed E-state index contributed by atoms with van der Waals surface area (Å²) in [6.45, 7) is 7.70. The lowest BCUT2D eigenvalue weighted by Crippen LogP contribution is -2.77. The minimum Gasteiger partial charge on any atom is -0.310 e. The third kappa shape index (κ3) is 5.72. The van der Waals surface area contributed by atoms with Gasteiger partial charge in [0.25, 0.3) is 0 Å². The van der Waals surface area contributed by atoms with Crippen molar-refractivity contribution in [3.8, 4) is 11.9 Å². The molecule has 6 nitrogen and oxygen atoms in total. The van der Waals surface area contributed by atoms with Gasteiger partial charge < -0.3 is 4.90 Å². The third-order valence-electron chi connectivity index (χ3n) is 12.1. The number of rotatable bonds is 7. The van der Waals surface area contributed by atoms with Crippen LogP contribution in [0.3, 0.4) is 0 Å². The van der Waals surface area contributed by atoms with Crippen LogP contribution in [0.4, 0.5) is 39.9 Å². The minimum absolute atomic E-state index is 0.556. The Hall–Kier alpha value is -8.49. The van der Waals surface area contributed by atoms with E-state index in [1.54, 1.807) is 0 Å². The van der Waals surface area contributed by atoms with Gasteiger partial charge >= 0.3 is 0 Å².